The number of allylic oxidation sites excluding steroid dienone is 4. The highest BCUT2D eigenvalue weighted by atomic mass is 14.7. The second-order valence-corrected chi connectivity index (χ2v) is 18.0. The van der Waals surface area contributed by atoms with Crippen LogP contribution in [-0.2, 0) is 6.42 Å². The number of pyridine rings is 3. The van der Waals surface area contributed by atoms with Crippen LogP contribution in [-0.4, -0.2) is 15.0 Å². The van der Waals surface area contributed by atoms with Crippen LogP contribution in [0.3, 0.4) is 0 Å². The van der Waals surface area contributed by atoms with Crippen LogP contribution >= 0.6 is 0 Å². The van der Waals surface area contributed by atoms with Gasteiger partial charge in [-0.05, 0) is 132 Å². The summed E-state index contributed by atoms with van der Waals surface area (Å²) in [6.45, 7) is 16.0. The molecule has 9 rings (SSSR count). The molecular weight excluding hydrogens is 811 g/mol. The van der Waals surface area contributed by atoms with Crippen molar-refractivity contribution in [2.45, 2.75) is 54.9 Å². The first kappa shape index (κ1) is 44.5. The predicted molar refractivity (Wildman–Crippen MR) is 283 cm³/mol. The minimum atomic E-state index is 0.200. The van der Waals surface area contributed by atoms with Gasteiger partial charge in [0.05, 0.1) is 17.1 Å². The molecule has 3 heteroatoms. The van der Waals surface area contributed by atoms with Crippen molar-refractivity contribution in [1.82, 2.24) is 15.0 Å². The lowest BCUT2D eigenvalue weighted by Gasteiger charge is -2.25. The third kappa shape index (κ3) is 9.37. The lowest BCUT2D eigenvalue weighted by Crippen LogP contribution is -2.06. The molecule has 0 unspecified atom stereocenters. The molecule has 9 aromatic rings. The highest BCUT2D eigenvalue weighted by Gasteiger charge is 2.24. The van der Waals surface area contributed by atoms with Gasteiger partial charge < -0.3 is 0 Å². The zero-order chi connectivity index (χ0) is 46.4. The summed E-state index contributed by atoms with van der Waals surface area (Å²) in [7, 11) is 0. The molecule has 0 amide bonds. The zero-order valence-corrected chi connectivity index (χ0v) is 39.7. The molecule has 0 N–H and O–H groups in total. The maximum absolute atomic E-state index is 5.07. The molecule has 328 valence electrons. The van der Waals surface area contributed by atoms with Crippen molar-refractivity contribution < 1.29 is 0 Å². The standard InChI is InChI=1S/C64H57N3/c1-42(2)63(55-33-21-19-31-53(55)58-40-66-61(37-44(58)4)49-25-13-9-14-26-49)47(7)64(56-34-22-20-32-54(56)59-41-67-62(38-45(59)5)50-27-15-10-16-28-50)46(6)35-51-29-17-18-30-52(51)57-39-65-60(36-43(57)3)48-23-11-8-12-24-48/h8-34,36-42H,35H2,1-7H3/b63-47+,64-46+. The molecule has 3 heterocycles. The average Bonchev–Trinajstić information content (AvgIpc) is 3.35. The van der Waals surface area contributed by atoms with Crippen molar-refractivity contribution in [1.29, 1.82) is 0 Å². The Morgan fingerprint density at radius 2 is 0.761 bits per heavy atom. The Kier molecular flexibility index (Phi) is 13.1. The molecular formula is C64H57N3. The summed E-state index contributed by atoms with van der Waals surface area (Å²) >= 11 is 0. The molecule has 0 saturated carbocycles. The summed E-state index contributed by atoms with van der Waals surface area (Å²) in [5, 5.41) is 0. The van der Waals surface area contributed by atoms with E-state index < -0.39 is 0 Å². The molecule has 67 heavy (non-hydrogen) atoms. The van der Waals surface area contributed by atoms with Crippen LogP contribution in [0, 0.1) is 26.7 Å². The normalized spacial score (nSPS) is 12.2. The molecule has 3 aromatic heterocycles. The molecule has 0 spiro atoms. The van der Waals surface area contributed by atoms with Crippen molar-refractivity contribution in [3.05, 3.63) is 245 Å². The molecule has 0 bridgehead atoms. The number of hydrogen-bond acceptors (Lipinski definition) is 3. The Hall–Kier alpha value is -7.75. The Labute approximate surface area is 397 Å². The molecule has 6 aromatic carbocycles. The van der Waals surface area contributed by atoms with Crippen LogP contribution in [0.25, 0.3) is 78.3 Å². The second kappa shape index (κ2) is 19.8. The number of aryl methyl sites for hydroxylation is 3. The van der Waals surface area contributed by atoms with Crippen LogP contribution in [0.5, 0.6) is 0 Å². The van der Waals surface area contributed by atoms with Gasteiger partial charge in [-0.25, -0.2) is 0 Å². The minimum absolute atomic E-state index is 0.200. The third-order valence-corrected chi connectivity index (χ3v) is 13.1. The lowest BCUT2D eigenvalue weighted by atomic mass is 9.79. The Morgan fingerprint density at radius 1 is 0.403 bits per heavy atom. The van der Waals surface area contributed by atoms with Crippen molar-refractivity contribution in [3.63, 3.8) is 0 Å². The first-order valence-corrected chi connectivity index (χ1v) is 23.4. The van der Waals surface area contributed by atoms with Crippen LogP contribution in [0.15, 0.2) is 212 Å². The molecule has 0 aliphatic carbocycles. The van der Waals surface area contributed by atoms with E-state index in [0.717, 1.165) is 56.9 Å². The summed E-state index contributed by atoms with van der Waals surface area (Å²) in [4.78, 5) is 15.1. The van der Waals surface area contributed by atoms with E-state index in [1.54, 1.807) is 0 Å². The first-order chi connectivity index (χ1) is 32.7. The van der Waals surface area contributed by atoms with Crippen molar-refractivity contribution in [2.75, 3.05) is 0 Å². The maximum Gasteiger partial charge on any atom is 0.0705 e. The molecule has 0 aliphatic rings. The van der Waals surface area contributed by atoms with Crippen LogP contribution in [0.4, 0.5) is 0 Å². The molecule has 0 saturated heterocycles. The minimum Gasteiger partial charge on any atom is -0.256 e. The van der Waals surface area contributed by atoms with Gasteiger partial charge in [0.15, 0.2) is 0 Å². The predicted octanol–water partition coefficient (Wildman–Crippen LogP) is 16.9. The van der Waals surface area contributed by atoms with E-state index in [0.29, 0.717) is 0 Å². The zero-order valence-electron chi connectivity index (χ0n) is 39.7. The summed E-state index contributed by atoms with van der Waals surface area (Å²) in [6.07, 6.45) is 6.94. The van der Waals surface area contributed by atoms with Gasteiger partial charge in [0.25, 0.3) is 0 Å². The van der Waals surface area contributed by atoms with Gasteiger partial charge >= 0.3 is 0 Å². The topological polar surface area (TPSA) is 38.7 Å². The summed E-state index contributed by atoms with van der Waals surface area (Å²) in [6, 6.07) is 64.7. The first-order valence-electron chi connectivity index (χ1n) is 23.4. The van der Waals surface area contributed by atoms with Crippen LogP contribution < -0.4 is 0 Å². The fraction of sp³-hybridized carbons (Fsp3) is 0.141. The Bertz CT molecular complexity index is 3270. The van der Waals surface area contributed by atoms with E-state index in [9.17, 15) is 0 Å². The fourth-order valence-electron chi connectivity index (χ4n) is 9.85. The highest BCUT2D eigenvalue weighted by Crippen LogP contribution is 2.44. The number of hydrogen-bond donors (Lipinski definition) is 0. The number of rotatable bonds is 12. The molecule has 0 fully saturated rings. The van der Waals surface area contributed by atoms with E-state index in [1.807, 2.05) is 12.1 Å². The summed E-state index contributed by atoms with van der Waals surface area (Å²) < 4.78 is 0. The quantitative estimate of drug-likeness (QED) is 0.115. The summed E-state index contributed by atoms with van der Waals surface area (Å²) in [5.41, 5.74) is 25.6. The third-order valence-electron chi connectivity index (χ3n) is 13.1. The van der Waals surface area contributed by atoms with Crippen LogP contribution in [0.2, 0.25) is 0 Å². The van der Waals surface area contributed by atoms with Crippen molar-refractivity contribution in [2.24, 2.45) is 5.92 Å². The van der Waals surface area contributed by atoms with Crippen molar-refractivity contribution >= 4 is 11.1 Å². The maximum atomic E-state index is 5.07. The molecule has 3 nitrogen and oxygen atoms in total. The van der Waals surface area contributed by atoms with Gasteiger partial charge in [0, 0.05) is 52.0 Å². The highest BCUT2D eigenvalue weighted by molar-refractivity contribution is 5.98. The van der Waals surface area contributed by atoms with E-state index in [-0.39, 0.29) is 5.92 Å². The fourth-order valence-corrected chi connectivity index (χ4v) is 9.85. The second-order valence-electron chi connectivity index (χ2n) is 18.0. The van der Waals surface area contributed by atoms with Crippen molar-refractivity contribution in [3.8, 4) is 67.2 Å². The SMILES string of the molecule is C/C(Cc1ccccc1-c1cnc(-c2ccccc2)cc1C)=C(/C(C)=C(/c1ccccc1-c1cnc(-c2ccccc2)cc1C)C(C)C)c1ccccc1-c1cnc(-c2ccccc2)cc1C. The lowest BCUT2D eigenvalue weighted by molar-refractivity contribution is 0.850. The number of benzene rings is 6. The molecule has 0 aliphatic heterocycles. The monoisotopic (exact) mass is 867 g/mol. The van der Waals surface area contributed by atoms with E-state index in [2.05, 4.69) is 237 Å². The summed E-state index contributed by atoms with van der Waals surface area (Å²) in [5.74, 6) is 0.200. The average molecular weight is 868 g/mol. The van der Waals surface area contributed by atoms with Gasteiger partial charge in [-0.15, -0.1) is 0 Å². The van der Waals surface area contributed by atoms with Gasteiger partial charge in [0.1, 0.15) is 0 Å². The van der Waals surface area contributed by atoms with Gasteiger partial charge in [-0.1, -0.05) is 183 Å². The number of nitrogens with zero attached hydrogens (tertiary/aromatic N) is 3. The smallest absolute Gasteiger partial charge is 0.0705 e. The van der Waals surface area contributed by atoms with Gasteiger partial charge in [0.2, 0.25) is 0 Å². The van der Waals surface area contributed by atoms with Gasteiger partial charge in [-0.3, -0.25) is 15.0 Å². The van der Waals surface area contributed by atoms with E-state index >= 15 is 0 Å². The van der Waals surface area contributed by atoms with E-state index in [1.165, 1.54) is 72.4 Å². The molecule has 0 atom stereocenters. The Balaban J connectivity index is 1.23. The molecule has 0 radical (unpaired) electrons. The van der Waals surface area contributed by atoms with Gasteiger partial charge in [-0.2, -0.15) is 0 Å². The van der Waals surface area contributed by atoms with Crippen LogP contribution in [0.1, 0.15) is 61.1 Å². The Morgan fingerprint density at radius 3 is 1.19 bits per heavy atom. The number of aromatic nitrogens is 3. The largest absolute Gasteiger partial charge is 0.256 e. The van der Waals surface area contributed by atoms with E-state index in [4.69, 9.17) is 15.0 Å².